The van der Waals surface area contributed by atoms with E-state index in [1.54, 1.807) is 0 Å². The lowest BCUT2D eigenvalue weighted by atomic mass is 10.1. The van der Waals surface area contributed by atoms with Crippen LogP contribution in [0.15, 0.2) is 30.3 Å². The van der Waals surface area contributed by atoms with Crippen LogP contribution in [0.1, 0.15) is 31.2 Å². The third-order valence-corrected chi connectivity index (χ3v) is 3.44. The van der Waals surface area contributed by atoms with E-state index in [1.807, 2.05) is 6.07 Å². The second-order valence-electron chi connectivity index (χ2n) is 4.71. The summed E-state index contributed by atoms with van der Waals surface area (Å²) in [6.07, 6.45) is 4.80. The molecular formula is C14H18O2. The first-order valence-corrected chi connectivity index (χ1v) is 6.01. The van der Waals surface area contributed by atoms with E-state index in [1.165, 1.54) is 18.4 Å². The predicted molar refractivity (Wildman–Crippen MR) is 63.2 cm³/mol. The Kier molecular flexibility index (Phi) is 3.60. The zero-order valence-electron chi connectivity index (χ0n) is 9.43. The summed E-state index contributed by atoms with van der Waals surface area (Å²) >= 11 is 0. The number of hydrogen-bond acceptors (Lipinski definition) is 1. The van der Waals surface area contributed by atoms with Crippen LogP contribution in [0.4, 0.5) is 0 Å². The fourth-order valence-corrected chi connectivity index (χ4v) is 2.32. The van der Waals surface area contributed by atoms with Crippen molar-refractivity contribution in [2.75, 3.05) is 0 Å². The van der Waals surface area contributed by atoms with Crippen LogP contribution in [0.2, 0.25) is 0 Å². The smallest absolute Gasteiger partial charge is 0.303 e. The molecule has 0 aliphatic heterocycles. The molecule has 1 saturated carbocycles. The molecule has 0 bridgehead atoms. The molecule has 1 aliphatic rings. The number of benzene rings is 1. The van der Waals surface area contributed by atoms with Crippen LogP contribution >= 0.6 is 0 Å². The van der Waals surface area contributed by atoms with Crippen LogP contribution < -0.4 is 0 Å². The molecule has 1 N–H and O–H groups in total. The van der Waals surface area contributed by atoms with Gasteiger partial charge < -0.3 is 5.11 Å². The molecule has 0 aromatic heterocycles. The lowest BCUT2D eigenvalue weighted by Crippen LogP contribution is -1.96. The van der Waals surface area contributed by atoms with Gasteiger partial charge in [-0.05, 0) is 43.1 Å². The number of carboxylic acids is 1. The molecule has 2 unspecified atom stereocenters. The van der Waals surface area contributed by atoms with E-state index < -0.39 is 5.97 Å². The highest BCUT2D eigenvalue weighted by molar-refractivity contribution is 5.66. The SMILES string of the molecule is O=C(O)CCC1CC1CCc1ccccc1. The van der Waals surface area contributed by atoms with Crippen molar-refractivity contribution in [1.29, 1.82) is 0 Å². The lowest BCUT2D eigenvalue weighted by Gasteiger charge is -2.00. The summed E-state index contributed by atoms with van der Waals surface area (Å²) in [7, 11) is 0. The highest BCUT2D eigenvalue weighted by Crippen LogP contribution is 2.44. The summed E-state index contributed by atoms with van der Waals surface area (Å²) in [5.41, 5.74) is 1.39. The van der Waals surface area contributed by atoms with Gasteiger partial charge in [-0.1, -0.05) is 30.3 Å². The van der Waals surface area contributed by atoms with Gasteiger partial charge in [0.05, 0.1) is 0 Å². The highest BCUT2D eigenvalue weighted by Gasteiger charge is 2.35. The molecule has 1 aromatic rings. The van der Waals surface area contributed by atoms with Gasteiger partial charge in [0.25, 0.3) is 0 Å². The first kappa shape index (κ1) is 11.2. The third kappa shape index (κ3) is 3.37. The van der Waals surface area contributed by atoms with Gasteiger partial charge in [-0.2, -0.15) is 0 Å². The topological polar surface area (TPSA) is 37.3 Å². The van der Waals surface area contributed by atoms with E-state index in [9.17, 15) is 4.79 Å². The molecule has 0 spiro atoms. The number of hydrogen-bond donors (Lipinski definition) is 1. The molecule has 86 valence electrons. The largest absolute Gasteiger partial charge is 0.481 e. The van der Waals surface area contributed by atoms with Gasteiger partial charge >= 0.3 is 5.97 Å². The Morgan fingerprint density at radius 3 is 2.56 bits per heavy atom. The van der Waals surface area contributed by atoms with Gasteiger partial charge in [-0.3, -0.25) is 4.79 Å². The van der Waals surface area contributed by atoms with Crippen molar-refractivity contribution < 1.29 is 9.90 Å². The molecule has 2 rings (SSSR count). The number of carbonyl (C=O) groups is 1. The zero-order chi connectivity index (χ0) is 11.4. The molecule has 0 radical (unpaired) electrons. The first-order valence-electron chi connectivity index (χ1n) is 6.01. The molecule has 1 fully saturated rings. The van der Waals surface area contributed by atoms with Crippen molar-refractivity contribution in [3.8, 4) is 0 Å². The Hall–Kier alpha value is -1.31. The van der Waals surface area contributed by atoms with E-state index in [-0.39, 0.29) is 0 Å². The Morgan fingerprint density at radius 1 is 1.19 bits per heavy atom. The van der Waals surface area contributed by atoms with Crippen LogP contribution in [0.5, 0.6) is 0 Å². The van der Waals surface area contributed by atoms with Gasteiger partial charge in [0.2, 0.25) is 0 Å². The molecule has 2 nitrogen and oxygen atoms in total. The second-order valence-corrected chi connectivity index (χ2v) is 4.71. The van der Waals surface area contributed by atoms with Crippen LogP contribution in [-0.4, -0.2) is 11.1 Å². The van der Waals surface area contributed by atoms with Crippen molar-refractivity contribution in [1.82, 2.24) is 0 Å². The summed E-state index contributed by atoms with van der Waals surface area (Å²) in [4.78, 5) is 10.4. The Labute approximate surface area is 96.3 Å². The van der Waals surface area contributed by atoms with Crippen molar-refractivity contribution >= 4 is 5.97 Å². The van der Waals surface area contributed by atoms with Gasteiger partial charge in [0.15, 0.2) is 0 Å². The average molecular weight is 218 g/mol. The minimum Gasteiger partial charge on any atom is -0.481 e. The van der Waals surface area contributed by atoms with Crippen molar-refractivity contribution in [3.05, 3.63) is 35.9 Å². The first-order chi connectivity index (χ1) is 7.75. The van der Waals surface area contributed by atoms with Gasteiger partial charge in [0.1, 0.15) is 0 Å². The summed E-state index contributed by atoms with van der Waals surface area (Å²) in [6.45, 7) is 0. The number of aryl methyl sites for hydroxylation is 1. The minimum absolute atomic E-state index is 0.340. The Morgan fingerprint density at radius 2 is 1.88 bits per heavy atom. The molecule has 1 aliphatic carbocycles. The summed E-state index contributed by atoms with van der Waals surface area (Å²) in [5.74, 6) is 0.799. The third-order valence-electron chi connectivity index (χ3n) is 3.44. The van der Waals surface area contributed by atoms with E-state index in [0.29, 0.717) is 12.3 Å². The number of aliphatic carboxylic acids is 1. The number of carboxylic acid groups (broad SMARTS) is 1. The zero-order valence-corrected chi connectivity index (χ0v) is 9.43. The fraction of sp³-hybridized carbons (Fsp3) is 0.500. The molecule has 1 aromatic carbocycles. The number of rotatable bonds is 6. The second kappa shape index (κ2) is 5.15. The van der Waals surface area contributed by atoms with Crippen molar-refractivity contribution in [2.24, 2.45) is 11.8 Å². The van der Waals surface area contributed by atoms with E-state index in [0.717, 1.165) is 18.8 Å². The van der Waals surface area contributed by atoms with Crippen LogP contribution in [0, 0.1) is 11.8 Å². The quantitative estimate of drug-likeness (QED) is 0.796. The molecule has 16 heavy (non-hydrogen) atoms. The Bertz CT molecular complexity index is 345. The van der Waals surface area contributed by atoms with E-state index >= 15 is 0 Å². The lowest BCUT2D eigenvalue weighted by molar-refractivity contribution is -0.137. The van der Waals surface area contributed by atoms with Crippen molar-refractivity contribution in [3.63, 3.8) is 0 Å². The molecule has 0 amide bonds. The normalized spacial score (nSPS) is 23.0. The van der Waals surface area contributed by atoms with E-state index in [4.69, 9.17) is 5.11 Å². The maximum atomic E-state index is 10.4. The van der Waals surface area contributed by atoms with Gasteiger partial charge in [-0.15, -0.1) is 0 Å². The Balaban J connectivity index is 1.64. The summed E-state index contributed by atoms with van der Waals surface area (Å²) < 4.78 is 0. The molecule has 0 saturated heterocycles. The average Bonchev–Trinajstić information content (AvgIpc) is 3.04. The standard InChI is InChI=1S/C14H18O2/c15-14(16)9-8-13-10-12(13)7-6-11-4-2-1-3-5-11/h1-5,12-13H,6-10H2,(H,15,16). The summed E-state index contributed by atoms with van der Waals surface area (Å²) in [6, 6.07) is 10.5. The van der Waals surface area contributed by atoms with Gasteiger partial charge in [0, 0.05) is 6.42 Å². The molecule has 0 heterocycles. The molecular weight excluding hydrogens is 200 g/mol. The molecule has 2 atom stereocenters. The van der Waals surface area contributed by atoms with Gasteiger partial charge in [-0.25, -0.2) is 0 Å². The van der Waals surface area contributed by atoms with Crippen LogP contribution in [-0.2, 0) is 11.2 Å². The van der Waals surface area contributed by atoms with Crippen LogP contribution in [0.3, 0.4) is 0 Å². The summed E-state index contributed by atoms with van der Waals surface area (Å²) in [5, 5.41) is 8.58. The fourth-order valence-electron chi connectivity index (χ4n) is 2.32. The predicted octanol–water partition coefficient (Wildman–Crippen LogP) is 3.12. The minimum atomic E-state index is -0.659. The highest BCUT2D eigenvalue weighted by atomic mass is 16.4. The molecule has 2 heteroatoms. The maximum absolute atomic E-state index is 10.4. The monoisotopic (exact) mass is 218 g/mol. The maximum Gasteiger partial charge on any atom is 0.303 e. The van der Waals surface area contributed by atoms with Crippen LogP contribution in [0.25, 0.3) is 0 Å². The van der Waals surface area contributed by atoms with E-state index in [2.05, 4.69) is 24.3 Å². The van der Waals surface area contributed by atoms with Crippen molar-refractivity contribution in [2.45, 2.75) is 32.1 Å².